The van der Waals surface area contributed by atoms with Crippen LogP contribution in [0, 0.1) is 13.8 Å². The van der Waals surface area contributed by atoms with Gasteiger partial charge in [-0.25, -0.2) is 0 Å². The summed E-state index contributed by atoms with van der Waals surface area (Å²) in [6.45, 7) is 6.37. The van der Waals surface area contributed by atoms with Gasteiger partial charge < -0.3 is 5.11 Å². The maximum atomic E-state index is 10.1. The van der Waals surface area contributed by atoms with Gasteiger partial charge in [0.05, 0.1) is 6.10 Å². The van der Waals surface area contributed by atoms with E-state index < -0.39 is 0 Å². The summed E-state index contributed by atoms with van der Waals surface area (Å²) in [6.07, 6.45) is 4.14. The van der Waals surface area contributed by atoms with Crippen LogP contribution in [0.4, 0.5) is 0 Å². The van der Waals surface area contributed by atoms with Crippen molar-refractivity contribution >= 4 is 0 Å². The Morgan fingerprint density at radius 1 is 1.20 bits per heavy atom. The van der Waals surface area contributed by atoms with Crippen LogP contribution in [0.2, 0.25) is 0 Å². The molecule has 15 heavy (non-hydrogen) atoms. The molecule has 84 valence electrons. The van der Waals surface area contributed by atoms with Crippen molar-refractivity contribution in [3.63, 3.8) is 0 Å². The van der Waals surface area contributed by atoms with Crippen LogP contribution in [0.15, 0.2) is 18.2 Å². The first-order chi connectivity index (χ1) is 7.16. The Labute approximate surface area is 93.1 Å². The Bertz CT molecular complexity index is 304. The minimum Gasteiger partial charge on any atom is -0.388 e. The summed E-state index contributed by atoms with van der Waals surface area (Å²) in [6, 6.07) is 6.16. The van der Waals surface area contributed by atoms with Crippen molar-refractivity contribution < 1.29 is 5.11 Å². The Hall–Kier alpha value is -0.820. The molecule has 0 radical (unpaired) electrons. The molecule has 0 saturated heterocycles. The highest BCUT2D eigenvalue weighted by molar-refractivity contribution is 5.34. The summed E-state index contributed by atoms with van der Waals surface area (Å²) in [7, 11) is 0. The zero-order valence-corrected chi connectivity index (χ0v) is 10.1. The van der Waals surface area contributed by atoms with E-state index in [-0.39, 0.29) is 6.10 Å². The summed E-state index contributed by atoms with van der Waals surface area (Å²) >= 11 is 0. The summed E-state index contributed by atoms with van der Waals surface area (Å²) in [5, 5.41) is 10.1. The van der Waals surface area contributed by atoms with E-state index in [1.165, 1.54) is 24.0 Å². The van der Waals surface area contributed by atoms with Crippen molar-refractivity contribution in [3.8, 4) is 0 Å². The molecule has 0 saturated carbocycles. The Morgan fingerprint density at radius 3 is 2.60 bits per heavy atom. The Balaban J connectivity index is 2.65. The second-order valence-corrected chi connectivity index (χ2v) is 4.30. The lowest BCUT2D eigenvalue weighted by Crippen LogP contribution is -2.01. The predicted molar refractivity (Wildman–Crippen MR) is 65.0 cm³/mol. The van der Waals surface area contributed by atoms with Crippen molar-refractivity contribution in [1.29, 1.82) is 0 Å². The molecule has 0 heterocycles. The first-order valence-corrected chi connectivity index (χ1v) is 5.91. The van der Waals surface area contributed by atoms with Crippen LogP contribution in [0.1, 0.15) is 55.4 Å². The zero-order chi connectivity index (χ0) is 11.3. The van der Waals surface area contributed by atoms with Crippen molar-refractivity contribution in [2.24, 2.45) is 0 Å². The molecule has 0 aliphatic heterocycles. The van der Waals surface area contributed by atoms with Crippen LogP contribution in [0.5, 0.6) is 0 Å². The van der Waals surface area contributed by atoms with Crippen LogP contribution in [-0.4, -0.2) is 5.11 Å². The molecule has 0 bridgehead atoms. The molecular formula is C14H22O. The number of aliphatic hydroxyl groups excluding tert-OH is 1. The Kier molecular flexibility index (Phi) is 4.83. The predicted octanol–water partition coefficient (Wildman–Crippen LogP) is 3.92. The molecular weight excluding hydrogens is 184 g/mol. The third-order valence-corrected chi connectivity index (χ3v) is 3.09. The number of rotatable bonds is 5. The second kappa shape index (κ2) is 5.92. The van der Waals surface area contributed by atoms with E-state index in [4.69, 9.17) is 0 Å². The molecule has 1 unspecified atom stereocenters. The van der Waals surface area contributed by atoms with Gasteiger partial charge in [-0.05, 0) is 37.0 Å². The van der Waals surface area contributed by atoms with Gasteiger partial charge >= 0.3 is 0 Å². The van der Waals surface area contributed by atoms with Gasteiger partial charge in [0.15, 0.2) is 0 Å². The Morgan fingerprint density at radius 2 is 1.93 bits per heavy atom. The lowest BCUT2D eigenvalue weighted by Gasteiger charge is -2.14. The topological polar surface area (TPSA) is 20.2 Å². The monoisotopic (exact) mass is 206 g/mol. The number of unbranched alkanes of at least 4 members (excludes halogenated alkanes) is 2. The van der Waals surface area contributed by atoms with Crippen LogP contribution < -0.4 is 0 Å². The van der Waals surface area contributed by atoms with Crippen LogP contribution >= 0.6 is 0 Å². The largest absolute Gasteiger partial charge is 0.388 e. The quantitative estimate of drug-likeness (QED) is 0.724. The molecule has 0 amide bonds. The number of benzene rings is 1. The van der Waals surface area contributed by atoms with Crippen LogP contribution in [0.25, 0.3) is 0 Å². The van der Waals surface area contributed by atoms with Gasteiger partial charge in [0.2, 0.25) is 0 Å². The molecule has 1 nitrogen and oxygen atoms in total. The van der Waals surface area contributed by atoms with E-state index >= 15 is 0 Å². The highest BCUT2D eigenvalue weighted by Gasteiger charge is 2.10. The van der Waals surface area contributed by atoms with Crippen molar-refractivity contribution in [2.75, 3.05) is 0 Å². The maximum absolute atomic E-state index is 10.1. The van der Waals surface area contributed by atoms with Gasteiger partial charge in [0.25, 0.3) is 0 Å². The first-order valence-electron chi connectivity index (χ1n) is 5.91. The number of aryl methyl sites for hydroxylation is 1. The molecule has 0 aliphatic rings. The van der Waals surface area contributed by atoms with Crippen molar-refractivity contribution in [2.45, 2.75) is 52.6 Å². The normalized spacial score (nSPS) is 12.8. The van der Waals surface area contributed by atoms with Crippen LogP contribution in [0.3, 0.4) is 0 Å². The lowest BCUT2D eigenvalue weighted by atomic mass is 9.96. The fourth-order valence-corrected chi connectivity index (χ4v) is 1.88. The summed E-state index contributed by atoms with van der Waals surface area (Å²) < 4.78 is 0. The van der Waals surface area contributed by atoms with Gasteiger partial charge in [-0.2, -0.15) is 0 Å². The number of hydrogen-bond acceptors (Lipinski definition) is 1. The van der Waals surface area contributed by atoms with Gasteiger partial charge in [0, 0.05) is 0 Å². The highest BCUT2D eigenvalue weighted by atomic mass is 16.3. The molecule has 0 spiro atoms. The SMILES string of the molecule is CCCCCC(O)c1cccc(C)c1C. The molecule has 0 aromatic heterocycles. The molecule has 1 heteroatoms. The van der Waals surface area contributed by atoms with Gasteiger partial charge in [-0.1, -0.05) is 44.4 Å². The van der Waals surface area contributed by atoms with E-state index in [1.807, 2.05) is 12.1 Å². The standard InChI is InChI=1S/C14H22O/c1-4-5-6-10-14(15)13-9-7-8-11(2)12(13)3/h7-9,14-15H,4-6,10H2,1-3H3. The van der Waals surface area contributed by atoms with E-state index in [2.05, 4.69) is 26.8 Å². The summed E-state index contributed by atoms with van der Waals surface area (Å²) in [4.78, 5) is 0. The molecule has 1 N–H and O–H groups in total. The minimum atomic E-state index is -0.281. The number of aliphatic hydroxyl groups is 1. The van der Waals surface area contributed by atoms with Crippen LogP contribution in [-0.2, 0) is 0 Å². The number of hydrogen-bond donors (Lipinski definition) is 1. The second-order valence-electron chi connectivity index (χ2n) is 4.30. The average molecular weight is 206 g/mol. The van der Waals surface area contributed by atoms with Crippen molar-refractivity contribution in [1.82, 2.24) is 0 Å². The average Bonchev–Trinajstić information content (AvgIpc) is 2.22. The molecule has 1 rings (SSSR count). The van der Waals surface area contributed by atoms with Gasteiger partial charge in [-0.3, -0.25) is 0 Å². The lowest BCUT2D eigenvalue weighted by molar-refractivity contribution is 0.163. The smallest absolute Gasteiger partial charge is 0.0792 e. The van der Waals surface area contributed by atoms with E-state index in [0.29, 0.717) is 0 Å². The van der Waals surface area contributed by atoms with Gasteiger partial charge in [0.1, 0.15) is 0 Å². The molecule has 0 fully saturated rings. The highest BCUT2D eigenvalue weighted by Crippen LogP contribution is 2.24. The van der Waals surface area contributed by atoms with E-state index in [9.17, 15) is 5.11 Å². The molecule has 1 atom stereocenters. The maximum Gasteiger partial charge on any atom is 0.0792 e. The molecule has 1 aromatic rings. The van der Waals surface area contributed by atoms with E-state index in [0.717, 1.165) is 18.4 Å². The zero-order valence-electron chi connectivity index (χ0n) is 10.1. The summed E-state index contributed by atoms with van der Waals surface area (Å²) in [5.41, 5.74) is 3.61. The van der Waals surface area contributed by atoms with Gasteiger partial charge in [-0.15, -0.1) is 0 Å². The minimum absolute atomic E-state index is 0.281. The first kappa shape index (κ1) is 12.3. The third-order valence-electron chi connectivity index (χ3n) is 3.09. The molecule has 1 aromatic carbocycles. The summed E-state index contributed by atoms with van der Waals surface area (Å²) in [5.74, 6) is 0. The van der Waals surface area contributed by atoms with Crippen molar-refractivity contribution in [3.05, 3.63) is 34.9 Å². The van der Waals surface area contributed by atoms with E-state index in [1.54, 1.807) is 0 Å². The molecule has 0 aliphatic carbocycles. The fourth-order valence-electron chi connectivity index (χ4n) is 1.88. The fraction of sp³-hybridized carbons (Fsp3) is 0.571. The third kappa shape index (κ3) is 3.35.